The van der Waals surface area contributed by atoms with E-state index in [2.05, 4.69) is 21.1 Å². The molecule has 2 aliphatic rings. The average molecular weight is 249 g/mol. The number of hydrogen-bond acceptors (Lipinski definition) is 3. The molecular weight excluding hydrogens is 240 g/mol. The standard InChI is InChI=1S/C7H9BrN2O3/c1-4-7(2-5(8)9-13-7)3-10(4)6(11)12/h4H,2-3H2,1H3,(H,11,12). The third-order valence-electron chi connectivity index (χ3n) is 2.68. The summed E-state index contributed by atoms with van der Waals surface area (Å²) in [5.41, 5.74) is -0.406. The smallest absolute Gasteiger partial charge is 0.407 e. The third kappa shape index (κ3) is 1.12. The molecule has 0 bridgehead atoms. The van der Waals surface area contributed by atoms with E-state index in [1.165, 1.54) is 4.90 Å². The van der Waals surface area contributed by atoms with Gasteiger partial charge in [0.25, 0.3) is 0 Å². The number of oxime groups is 1. The zero-order valence-corrected chi connectivity index (χ0v) is 8.61. The Kier molecular flexibility index (Phi) is 1.76. The fraction of sp³-hybridized carbons (Fsp3) is 0.714. The van der Waals surface area contributed by atoms with Crippen molar-refractivity contribution in [3.8, 4) is 0 Å². The van der Waals surface area contributed by atoms with E-state index < -0.39 is 11.7 Å². The number of carbonyl (C=O) groups is 1. The van der Waals surface area contributed by atoms with Crippen LogP contribution in [0.25, 0.3) is 0 Å². The van der Waals surface area contributed by atoms with Gasteiger partial charge in [-0.2, -0.15) is 0 Å². The van der Waals surface area contributed by atoms with Crippen LogP contribution in [0.3, 0.4) is 0 Å². The Morgan fingerprint density at radius 1 is 1.92 bits per heavy atom. The molecule has 0 aromatic rings. The molecule has 0 aromatic heterocycles. The van der Waals surface area contributed by atoms with E-state index in [0.717, 1.165) is 4.62 Å². The van der Waals surface area contributed by atoms with Crippen LogP contribution in [0.15, 0.2) is 5.16 Å². The van der Waals surface area contributed by atoms with Gasteiger partial charge in [0, 0.05) is 6.42 Å². The minimum atomic E-state index is -0.898. The van der Waals surface area contributed by atoms with Crippen LogP contribution < -0.4 is 0 Å². The first-order valence-corrected chi connectivity index (χ1v) is 4.74. The lowest BCUT2D eigenvalue weighted by Crippen LogP contribution is -2.69. The van der Waals surface area contributed by atoms with Gasteiger partial charge in [0.1, 0.15) is 4.62 Å². The maximum Gasteiger partial charge on any atom is 0.407 e. The first-order chi connectivity index (χ1) is 6.05. The Morgan fingerprint density at radius 2 is 2.62 bits per heavy atom. The van der Waals surface area contributed by atoms with Crippen molar-refractivity contribution in [2.24, 2.45) is 5.16 Å². The van der Waals surface area contributed by atoms with Gasteiger partial charge in [-0.25, -0.2) is 4.79 Å². The van der Waals surface area contributed by atoms with Gasteiger partial charge in [-0.3, -0.25) is 4.90 Å². The molecule has 0 radical (unpaired) electrons. The summed E-state index contributed by atoms with van der Waals surface area (Å²) >= 11 is 3.23. The SMILES string of the molecule is CC1N(C(=O)O)CC12CC(Br)=NO2. The highest BCUT2D eigenvalue weighted by Crippen LogP contribution is 2.40. The van der Waals surface area contributed by atoms with E-state index in [-0.39, 0.29) is 6.04 Å². The molecule has 72 valence electrons. The van der Waals surface area contributed by atoms with E-state index in [0.29, 0.717) is 13.0 Å². The lowest BCUT2D eigenvalue weighted by molar-refractivity contribution is -0.152. The molecule has 1 saturated heterocycles. The largest absolute Gasteiger partial charge is 0.465 e. The molecule has 2 rings (SSSR count). The zero-order chi connectivity index (χ0) is 9.64. The van der Waals surface area contributed by atoms with E-state index in [1.54, 1.807) is 0 Å². The highest BCUT2D eigenvalue weighted by molar-refractivity contribution is 9.18. The molecule has 1 N–H and O–H groups in total. The molecule has 2 heterocycles. The summed E-state index contributed by atoms with van der Waals surface area (Å²) in [5, 5.41) is 12.5. The third-order valence-corrected chi connectivity index (χ3v) is 3.11. The molecule has 0 saturated carbocycles. The topological polar surface area (TPSA) is 62.1 Å². The van der Waals surface area contributed by atoms with E-state index >= 15 is 0 Å². The highest BCUT2D eigenvalue weighted by Gasteiger charge is 2.57. The Hall–Kier alpha value is -0.780. The van der Waals surface area contributed by atoms with Crippen molar-refractivity contribution in [1.82, 2.24) is 4.90 Å². The second-order valence-corrected chi connectivity index (χ2v) is 4.30. The van der Waals surface area contributed by atoms with Gasteiger partial charge in [-0.15, -0.1) is 0 Å². The van der Waals surface area contributed by atoms with Gasteiger partial charge < -0.3 is 9.94 Å². The van der Waals surface area contributed by atoms with E-state index in [4.69, 9.17) is 9.94 Å². The maximum absolute atomic E-state index is 10.6. The van der Waals surface area contributed by atoms with Gasteiger partial charge in [0.05, 0.1) is 12.6 Å². The van der Waals surface area contributed by atoms with Crippen molar-refractivity contribution in [3.05, 3.63) is 0 Å². The number of halogens is 1. The minimum absolute atomic E-state index is 0.121. The second-order valence-electron chi connectivity index (χ2n) is 3.39. The molecule has 13 heavy (non-hydrogen) atoms. The number of carboxylic acid groups (broad SMARTS) is 1. The van der Waals surface area contributed by atoms with Gasteiger partial charge in [-0.05, 0) is 22.9 Å². The maximum atomic E-state index is 10.6. The molecule has 1 amide bonds. The van der Waals surface area contributed by atoms with Gasteiger partial charge in [0.15, 0.2) is 5.60 Å². The van der Waals surface area contributed by atoms with Gasteiger partial charge >= 0.3 is 6.09 Å². The number of nitrogens with zero attached hydrogens (tertiary/aromatic N) is 2. The Morgan fingerprint density at radius 3 is 3.00 bits per heavy atom. The summed E-state index contributed by atoms with van der Waals surface area (Å²) in [4.78, 5) is 17.2. The van der Waals surface area contributed by atoms with Crippen molar-refractivity contribution in [2.45, 2.75) is 25.0 Å². The lowest BCUT2D eigenvalue weighted by atomic mass is 9.83. The number of hydrogen-bond donors (Lipinski definition) is 1. The molecule has 6 heteroatoms. The molecule has 2 unspecified atom stereocenters. The molecule has 2 atom stereocenters. The zero-order valence-electron chi connectivity index (χ0n) is 7.03. The minimum Gasteiger partial charge on any atom is -0.465 e. The van der Waals surface area contributed by atoms with Crippen LogP contribution in [-0.2, 0) is 4.84 Å². The molecule has 2 aliphatic heterocycles. The molecule has 0 aromatic carbocycles. The number of amides is 1. The van der Waals surface area contributed by atoms with Crippen LogP contribution in [0, 0.1) is 0 Å². The van der Waals surface area contributed by atoms with Crippen LogP contribution in [0.4, 0.5) is 4.79 Å². The summed E-state index contributed by atoms with van der Waals surface area (Å²) in [7, 11) is 0. The predicted octanol–water partition coefficient (Wildman–Crippen LogP) is 1.24. The Bertz CT molecular complexity index is 293. The molecule has 1 fully saturated rings. The Balaban J connectivity index is 2.05. The molecule has 1 spiro atoms. The summed E-state index contributed by atoms with van der Waals surface area (Å²) in [5.74, 6) is 0. The lowest BCUT2D eigenvalue weighted by Gasteiger charge is -2.49. The van der Waals surface area contributed by atoms with Crippen molar-refractivity contribution in [2.75, 3.05) is 6.54 Å². The fourth-order valence-corrected chi connectivity index (χ4v) is 2.27. The van der Waals surface area contributed by atoms with Crippen LogP contribution in [-0.4, -0.2) is 38.9 Å². The van der Waals surface area contributed by atoms with E-state index in [9.17, 15) is 4.79 Å². The van der Waals surface area contributed by atoms with Crippen LogP contribution in [0.2, 0.25) is 0 Å². The van der Waals surface area contributed by atoms with E-state index in [1.807, 2.05) is 6.92 Å². The molecular formula is C7H9BrN2O3. The van der Waals surface area contributed by atoms with Crippen LogP contribution >= 0.6 is 15.9 Å². The highest BCUT2D eigenvalue weighted by atomic mass is 79.9. The van der Waals surface area contributed by atoms with Crippen LogP contribution in [0.5, 0.6) is 0 Å². The fourth-order valence-electron chi connectivity index (χ4n) is 1.72. The van der Waals surface area contributed by atoms with Crippen LogP contribution in [0.1, 0.15) is 13.3 Å². The van der Waals surface area contributed by atoms with Gasteiger partial charge in [0.2, 0.25) is 0 Å². The summed E-state index contributed by atoms with van der Waals surface area (Å²) in [6.45, 7) is 2.24. The molecule has 5 nitrogen and oxygen atoms in total. The summed E-state index contributed by atoms with van der Waals surface area (Å²) in [6, 6.07) is -0.121. The summed E-state index contributed by atoms with van der Waals surface area (Å²) < 4.78 is 0.754. The molecule has 0 aliphatic carbocycles. The van der Waals surface area contributed by atoms with Crippen molar-refractivity contribution >= 4 is 26.6 Å². The number of rotatable bonds is 0. The van der Waals surface area contributed by atoms with Gasteiger partial charge in [-0.1, -0.05) is 5.16 Å². The Labute approximate surface area is 83.5 Å². The second kappa shape index (κ2) is 2.60. The van der Waals surface area contributed by atoms with Crippen molar-refractivity contribution in [1.29, 1.82) is 0 Å². The normalized spacial score (nSPS) is 36.9. The first kappa shape index (κ1) is 8.80. The average Bonchev–Trinajstić information content (AvgIpc) is 2.45. The predicted molar refractivity (Wildman–Crippen MR) is 49.0 cm³/mol. The quantitative estimate of drug-likeness (QED) is 0.702. The summed E-state index contributed by atoms with van der Waals surface area (Å²) in [6.07, 6.45) is -0.234. The monoisotopic (exact) mass is 248 g/mol. The van der Waals surface area contributed by atoms with Crippen molar-refractivity contribution < 1.29 is 14.7 Å². The first-order valence-electron chi connectivity index (χ1n) is 3.95. The van der Waals surface area contributed by atoms with Crippen molar-refractivity contribution in [3.63, 3.8) is 0 Å². The number of likely N-dealkylation sites (tertiary alicyclic amines) is 1.